The van der Waals surface area contributed by atoms with Crippen LogP contribution in [-0.4, -0.2) is 15.9 Å². The Kier molecular flexibility index (Phi) is 3.20. The summed E-state index contributed by atoms with van der Waals surface area (Å²) in [6.45, 7) is 0. The fraction of sp³-hybridized carbons (Fsp3) is 0.333. The van der Waals surface area contributed by atoms with Gasteiger partial charge in [0.1, 0.15) is 0 Å². The van der Waals surface area contributed by atoms with Gasteiger partial charge < -0.3 is 5.73 Å². The molecule has 0 amide bonds. The zero-order chi connectivity index (χ0) is 11.7. The van der Waals surface area contributed by atoms with Gasteiger partial charge in [-0.1, -0.05) is 28.1 Å². The summed E-state index contributed by atoms with van der Waals surface area (Å²) in [5, 5.41) is 10.6. The van der Waals surface area contributed by atoms with Crippen LogP contribution in [0.25, 0.3) is 0 Å². The average molecular weight is 287 g/mol. The number of alkyl halides is 1. The highest BCUT2D eigenvalue weighted by Crippen LogP contribution is 2.28. The predicted molar refractivity (Wildman–Crippen MR) is 62.8 cm³/mol. The Bertz CT molecular complexity index is 414. The van der Waals surface area contributed by atoms with E-state index < -0.39 is 4.92 Å². The van der Waals surface area contributed by atoms with E-state index in [1.54, 1.807) is 12.1 Å². The summed E-state index contributed by atoms with van der Waals surface area (Å²) < 4.78 is 0. The molecule has 1 aliphatic heterocycles. The van der Waals surface area contributed by atoms with Crippen LogP contribution >= 0.6 is 15.9 Å². The van der Waals surface area contributed by atoms with Crippen molar-refractivity contribution in [2.75, 3.05) is 0 Å². The van der Waals surface area contributed by atoms with Gasteiger partial charge in [0.25, 0.3) is 5.69 Å². The Morgan fingerprint density at radius 3 is 2.75 bits per heavy atom. The predicted octanol–water partition coefficient (Wildman–Crippen LogP) is 0.792. The molecule has 1 fully saturated rings. The van der Waals surface area contributed by atoms with Gasteiger partial charge in [0.2, 0.25) is 0 Å². The van der Waals surface area contributed by atoms with E-state index in [1.807, 2.05) is 6.07 Å². The van der Waals surface area contributed by atoms with Crippen LogP contribution in [0, 0.1) is 10.1 Å². The van der Waals surface area contributed by atoms with E-state index in [2.05, 4.69) is 26.8 Å². The number of non-ortho nitro benzene ring substituents is 1. The van der Waals surface area contributed by atoms with Crippen LogP contribution in [0.15, 0.2) is 24.3 Å². The summed E-state index contributed by atoms with van der Waals surface area (Å²) >= 11 is 3.45. The SMILES string of the molecule is NC1NNC(c2cccc([N+](=O)[O-])c2)C1Br. The zero-order valence-electron chi connectivity index (χ0n) is 8.26. The van der Waals surface area contributed by atoms with Crippen molar-refractivity contribution < 1.29 is 4.92 Å². The van der Waals surface area contributed by atoms with Crippen molar-refractivity contribution in [2.24, 2.45) is 5.73 Å². The summed E-state index contributed by atoms with van der Waals surface area (Å²) in [4.78, 5) is 10.2. The molecule has 4 N–H and O–H groups in total. The van der Waals surface area contributed by atoms with Gasteiger partial charge in [-0.25, -0.2) is 10.9 Å². The van der Waals surface area contributed by atoms with Gasteiger partial charge in [-0.05, 0) is 5.56 Å². The molecule has 3 atom stereocenters. The first-order valence-electron chi connectivity index (χ1n) is 4.74. The highest BCUT2D eigenvalue weighted by atomic mass is 79.9. The number of hydrogen-bond donors (Lipinski definition) is 3. The number of nitro groups is 1. The summed E-state index contributed by atoms with van der Waals surface area (Å²) in [7, 11) is 0. The third-order valence-corrected chi connectivity index (χ3v) is 3.61. The van der Waals surface area contributed by atoms with Crippen molar-refractivity contribution in [3.8, 4) is 0 Å². The molecule has 16 heavy (non-hydrogen) atoms. The maximum absolute atomic E-state index is 10.6. The molecule has 0 saturated carbocycles. The smallest absolute Gasteiger partial charge is 0.269 e. The first-order valence-corrected chi connectivity index (χ1v) is 5.66. The molecule has 1 aromatic carbocycles. The minimum atomic E-state index is -0.408. The standard InChI is InChI=1S/C9H11BrN4O2/c10-7-8(12-13-9(7)11)5-2-1-3-6(4-5)14(15)16/h1-4,7-9,12-13H,11H2. The fourth-order valence-corrected chi connectivity index (χ4v) is 2.22. The maximum Gasteiger partial charge on any atom is 0.269 e. The van der Waals surface area contributed by atoms with Gasteiger partial charge in [0.15, 0.2) is 0 Å². The Hall–Kier alpha value is -1.02. The highest BCUT2D eigenvalue weighted by Gasteiger charge is 2.32. The summed E-state index contributed by atoms with van der Waals surface area (Å²) in [6.07, 6.45) is -0.218. The molecule has 86 valence electrons. The summed E-state index contributed by atoms with van der Waals surface area (Å²) in [6, 6.07) is 6.44. The molecule has 6 nitrogen and oxygen atoms in total. The van der Waals surface area contributed by atoms with Gasteiger partial charge in [-0.15, -0.1) is 0 Å². The Labute approximate surface area is 100 Å². The van der Waals surface area contributed by atoms with E-state index in [-0.39, 0.29) is 22.7 Å². The van der Waals surface area contributed by atoms with Gasteiger partial charge in [-0.2, -0.15) is 0 Å². The van der Waals surface area contributed by atoms with Crippen LogP contribution in [0.1, 0.15) is 11.6 Å². The van der Waals surface area contributed by atoms with Crippen molar-refractivity contribution in [1.82, 2.24) is 10.9 Å². The van der Waals surface area contributed by atoms with E-state index in [4.69, 9.17) is 5.73 Å². The first-order chi connectivity index (χ1) is 7.59. The van der Waals surface area contributed by atoms with Crippen molar-refractivity contribution in [3.63, 3.8) is 0 Å². The van der Waals surface area contributed by atoms with Gasteiger partial charge in [0.05, 0.1) is 22.0 Å². The lowest BCUT2D eigenvalue weighted by atomic mass is 10.0. The topological polar surface area (TPSA) is 93.2 Å². The van der Waals surface area contributed by atoms with Crippen LogP contribution in [-0.2, 0) is 0 Å². The van der Waals surface area contributed by atoms with Crippen LogP contribution in [0.2, 0.25) is 0 Å². The second kappa shape index (κ2) is 4.46. The van der Waals surface area contributed by atoms with Gasteiger partial charge in [0, 0.05) is 12.1 Å². The quantitative estimate of drug-likeness (QED) is 0.425. The minimum Gasteiger partial charge on any atom is -0.314 e. The molecular weight excluding hydrogens is 276 g/mol. The summed E-state index contributed by atoms with van der Waals surface area (Å²) in [5.74, 6) is 0. The van der Waals surface area contributed by atoms with Crippen LogP contribution in [0.4, 0.5) is 5.69 Å². The average Bonchev–Trinajstić information content (AvgIpc) is 2.60. The van der Waals surface area contributed by atoms with E-state index in [1.165, 1.54) is 6.07 Å². The number of halogens is 1. The lowest BCUT2D eigenvalue weighted by Gasteiger charge is -2.14. The molecule has 1 saturated heterocycles. The highest BCUT2D eigenvalue weighted by molar-refractivity contribution is 9.09. The molecule has 0 spiro atoms. The van der Waals surface area contributed by atoms with Crippen molar-refractivity contribution in [1.29, 1.82) is 0 Å². The number of nitrogens with one attached hydrogen (secondary N) is 2. The van der Waals surface area contributed by atoms with E-state index in [0.29, 0.717) is 0 Å². The van der Waals surface area contributed by atoms with Crippen LogP contribution < -0.4 is 16.6 Å². The van der Waals surface area contributed by atoms with Crippen molar-refractivity contribution >= 4 is 21.6 Å². The third-order valence-electron chi connectivity index (χ3n) is 2.51. The molecule has 2 rings (SSSR count). The molecule has 0 bridgehead atoms. The molecule has 3 unspecified atom stereocenters. The molecule has 1 aliphatic rings. The van der Waals surface area contributed by atoms with E-state index >= 15 is 0 Å². The number of hydrogen-bond acceptors (Lipinski definition) is 5. The Balaban J connectivity index is 2.27. The molecule has 0 aromatic heterocycles. The third kappa shape index (κ3) is 2.07. The Morgan fingerprint density at radius 1 is 1.44 bits per heavy atom. The zero-order valence-corrected chi connectivity index (χ0v) is 9.85. The molecular formula is C9H11BrN4O2. The maximum atomic E-state index is 10.6. The monoisotopic (exact) mass is 286 g/mol. The van der Waals surface area contributed by atoms with E-state index in [0.717, 1.165) is 5.56 Å². The lowest BCUT2D eigenvalue weighted by molar-refractivity contribution is -0.384. The van der Waals surface area contributed by atoms with Crippen LogP contribution in [0.3, 0.4) is 0 Å². The lowest BCUT2D eigenvalue weighted by Crippen LogP contribution is -2.39. The minimum absolute atomic E-state index is 0.00509. The summed E-state index contributed by atoms with van der Waals surface area (Å²) in [5.41, 5.74) is 12.5. The van der Waals surface area contributed by atoms with Gasteiger partial charge in [-0.3, -0.25) is 10.1 Å². The second-order valence-corrected chi connectivity index (χ2v) is 4.65. The number of nitrogens with zero attached hydrogens (tertiary/aromatic N) is 1. The molecule has 7 heteroatoms. The molecule has 1 aromatic rings. The largest absolute Gasteiger partial charge is 0.314 e. The second-order valence-electron chi connectivity index (χ2n) is 3.59. The molecule has 1 heterocycles. The van der Waals surface area contributed by atoms with Gasteiger partial charge >= 0.3 is 0 Å². The van der Waals surface area contributed by atoms with Crippen molar-refractivity contribution in [2.45, 2.75) is 17.0 Å². The molecule has 0 radical (unpaired) electrons. The van der Waals surface area contributed by atoms with Crippen LogP contribution in [0.5, 0.6) is 0 Å². The fourth-order valence-electron chi connectivity index (χ4n) is 1.65. The number of benzene rings is 1. The Morgan fingerprint density at radius 2 is 2.19 bits per heavy atom. The number of nitrogens with two attached hydrogens (primary N) is 1. The molecule has 0 aliphatic carbocycles. The normalized spacial score (nSPS) is 29.2. The first kappa shape index (κ1) is 11.5. The van der Waals surface area contributed by atoms with Crippen molar-refractivity contribution in [3.05, 3.63) is 39.9 Å². The number of rotatable bonds is 2. The number of nitro benzene ring substituents is 1. The number of hydrazine groups is 1. The van der Waals surface area contributed by atoms with E-state index in [9.17, 15) is 10.1 Å².